The molecule has 228 valence electrons. The standard InChI is InChI=1S/C32H45N5O5/c1-5-9-24-27(25-11-6-7-13-32(25)40-17-21(3)41-32)35-42-28(24)29-33-30-26(20(2)16-37(30)23-12-15-38-18-23)31(34-29)39-19-22-10-8-14-36(22)4/h16,21-23,25H,5-15,17-19H2,1-4H3/t21?,22-,23+,25+,32?/m0/s1. The van der Waals surface area contributed by atoms with Gasteiger partial charge in [0.05, 0.1) is 42.4 Å². The summed E-state index contributed by atoms with van der Waals surface area (Å²) in [6, 6.07) is 0.617. The van der Waals surface area contributed by atoms with Crippen LogP contribution in [0, 0.1) is 6.92 Å². The Kier molecular flexibility index (Phi) is 7.75. The molecule has 1 spiro atoms. The third-order valence-electron chi connectivity index (χ3n) is 9.83. The molecule has 0 bridgehead atoms. The number of hydrogen-bond donors (Lipinski definition) is 0. The van der Waals surface area contributed by atoms with Crippen molar-refractivity contribution in [2.45, 2.75) is 108 Å². The van der Waals surface area contributed by atoms with Crippen LogP contribution < -0.4 is 4.74 Å². The SMILES string of the molecule is CCCc1c([C@H]2CCCCC23OCC(C)O3)noc1-c1nc(OC[C@@H]2CCCN2C)c2c(C)cn([C@@H]3CCOC3)c2n1. The number of aromatic nitrogens is 4. The largest absolute Gasteiger partial charge is 0.475 e. The lowest BCUT2D eigenvalue weighted by molar-refractivity contribution is -0.200. The van der Waals surface area contributed by atoms with Crippen LogP contribution in [-0.2, 0) is 20.6 Å². The summed E-state index contributed by atoms with van der Waals surface area (Å²) in [5, 5.41) is 5.69. The van der Waals surface area contributed by atoms with Crippen LogP contribution in [0.3, 0.4) is 0 Å². The monoisotopic (exact) mass is 579 g/mol. The third-order valence-corrected chi connectivity index (χ3v) is 9.83. The van der Waals surface area contributed by atoms with Crippen molar-refractivity contribution in [2.24, 2.45) is 0 Å². The Morgan fingerprint density at radius 2 is 2.02 bits per heavy atom. The van der Waals surface area contributed by atoms with E-state index in [0.29, 0.717) is 43.3 Å². The molecule has 1 aliphatic carbocycles. The normalized spacial score (nSPS) is 30.3. The summed E-state index contributed by atoms with van der Waals surface area (Å²) in [4.78, 5) is 12.6. The average Bonchev–Trinajstić information content (AvgIpc) is 3.82. The number of nitrogens with zero attached hydrogens (tertiary/aromatic N) is 5. The summed E-state index contributed by atoms with van der Waals surface area (Å²) in [5.41, 5.74) is 3.98. The smallest absolute Gasteiger partial charge is 0.227 e. The minimum absolute atomic E-state index is 0.0225. The van der Waals surface area contributed by atoms with Gasteiger partial charge in [0, 0.05) is 30.8 Å². The van der Waals surface area contributed by atoms with Crippen molar-refractivity contribution in [3.05, 3.63) is 23.0 Å². The number of ether oxygens (including phenoxy) is 4. The van der Waals surface area contributed by atoms with Crippen molar-refractivity contribution < 1.29 is 23.5 Å². The minimum atomic E-state index is -0.630. The highest BCUT2D eigenvalue weighted by atomic mass is 16.7. The van der Waals surface area contributed by atoms with Crippen LogP contribution in [0.25, 0.3) is 22.6 Å². The van der Waals surface area contributed by atoms with Crippen molar-refractivity contribution >= 4 is 11.0 Å². The van der Waals surface area contributed by atoms with Crippen LogP contribution in [0.5, 0.6) is 5.88 Å². The molecule has 10 heteroatoms. The quantitative estimate of drug-likeness (QED) is 0.339. The predicted octanol–water partition coefficient (Wildman–Crippen LogP) is 5.57. The zero-order chi connectivity index (χ0) is 28.8. The second-order valence-corrected chi connectivity index (χ2v) is 12.9. The first-order chi connectivity index (χ1) is 20.5. The van der Waals surface area contributed by atoms with E-state index in [1.54, 1.807) is 0 Å². The first-order valence-electron chi connectivity index (χ1n) is 16.1. The van der Waals surface area contributed by atoms with Gasteiger partial charge in [0.2, 0.25) is 17.5 Å². The molecule has 42 heavy (non-hydrogen) atoms. The molecule has 3 saturated heterocycles. The van der Waals surface area contributed by atoms with Crippen LogP contribution in [0.15, 0.2) is 10.7 Å². The van der Waals surface area contributed by atoms with Crippen molar-refractivity contribution in [1.29, 1.82) is 0 Å². The summed E-state index contributed by atoms with van der Waals surface area (Å²) in [5.74, 6) is 1.18. The Bertz CT molecular complexity index is 1410. The number of aryl methyl sites for hydroxylation is 1. The minimum Gasteiger partial charge on any atom is -0.475 e. The molecule has 4 aliphatic rings. The summed E-state index contributed by atoms with van der Waals surface area (Å²) in [7, 11) is 2.17. The maximum absolute atomic E-state index is 6.56. The van der Waals surface area contributed by atoms with Gasteiger partial charge in [-0.1, -0.05) is 24.9 Å². The van der Waals surface area contributed by atoms with Crippen LogP contribution >= 0.6 is 0 Å². The Morgan fingerprint density at radius 1 is 1.12 bits per heavy atom. The molecule has 1 saturated carbocycles. The van der Waals surface area contributed by atoms with Crippen LogP contribution in [0.1, 0.15) is 94.0 Å². The highest BCUT2D eigenvalue weighted by molar-refractivity contribution is 5.87. The first kappa shape index (κ1) is 28.3. The zero-order valence-electron chi connectivity index (χ0n) is 25.6. The number of likely N-dealkylation sites (tertiary alicyclic amines) is 1. The molecule has 0 amide bonds. The summed E-state index contributed by atoms with van der Waals surface area (Å²) < 4.78 is 33.6. The van der Waals surface area contributed by atoms with E-state index < -0.39 is 5.79 Å². The second kappa shape index (κ2) is 11.5. The van der Waals surface area contributed by atoms with Crippen LogP contribution in [0.4, 0.5) is 0 Å². The molecule has 3 aliphatic heterocycles. The van der Waals surface area contributed by atoms with Crippen molar-refractivity contribution in [2.75, 3.05) is 40.0 Å². The van der Waals surface area contributed by atoms with Crippen LogP contribution in [-0.4, -0.2) is 82.5 Å². The fraction of sp³-hybridized carbons (Fsp3) is 0.719. The summed E-state index contributed by atoms with van der Waals surface area (Å²) >= 11 is 0. The van der Waals surface area contributed by atoms with Gasteiger partial charge in [0.15, 0.2) is 5.79 Å². The molecule has 7 rings (SSSR count). The molecule has 0 radical (unpaired) electrons. The molecule has 3 aromatic rings. The highest BCUT2D eigenvalue weighted by Crippen LogP contribution is 2.49. The lowest BCUT2D eigenvalue weighted by Gasteiger charge is -2.39. The Morgan fingerprint density at radius 3 is 2.76 bits per heavy atom. The van der Waals surface area contributed by atoms with Crippen molar-refractivity contribution in [1.82, 2.24) is 24.6 Å². The Hall–Kier alpha value is -2.53. The van der Waals surface area contributed by atoms with Gasteiger partial charge >= 0.3 is 0 Å². The summed E-state index contributed by atoms with van der Waals surface area (Å²) in [6.45, 7) is 10.1. The van der Waals surface area contributed by atoms with E-state index in [-0.39, 0.29) is 18.1 Å². The number of hydrogen-bond acceptors (Lipinski definition) is 9. The van der Waals surface area contributed by atoms with Gasteiger partial charge in [-0.3, -0.25) is 0 Å². The van der Waals surface area contributed by atoms with E-state index in [1.807, 2.05) is 0 Å². The van der Waals surface area contributed by atoms with Gasteiger partial charge in [-0.25, -0.2) is 4.98 Å². The zero-order valence-corrected chi connectivity index (χ0v) is 25.6. The molecular formula is C32H45N5O5. The van der Waals surface area contributed by atoms with Crippen LogP contribution in [0.2, 0.25) is 0 Å². The van der Waals surface area contributed by atoms with Gasteiger partial charge in [0.1, 0.15) is 12.3 Å². The third kappa shape index (κ3) is 4.94. The topological polar surface area (TPSA) is 96.9 Å². The Labute approximate surface area is 248 Å². The maximum atomic E-state index is 6.56. The fourth-order valence-electron chi connectivity index (χ4n) is 7.59. The molecular weight excluding hydrogens is 534 g/mol. The molecule has 6 heterocycles. The molecule has 3 aromatic heterocycles. The average molecular weight is 580 g/mol. The van der Waals surface area contributed by atoms with E-state index in [2.05, 4.69) is 43.5 Å². The van der Waals surface area contributed by atoms with E-state index in [4.69, 9.17) is 38.6 Å². The van der Waals surface area contributed by atoms with E-state index >= 15 is 0 Å². The number of fused-ring (bicyclic) bond motifs is 1. The van der Waals surface area contributed by atoms with Gasteiger partial charge < -0.3 is 32.9 Å². The number of likely N-dealkylation sites (N-methyl/N-ethyl adjacent to an activating group) is 1. The molecule has 10 nitrogen and oxygen atoms in total. The van der Waals surface area contributed by atoms with E-state index in [9.17, 15) is 0 Å². The lowest BCUT2D eigenvalue weighted by Crippen LogP contribution is -2.41. The van der Waals surface area contributed by atoms with E-state index in [1.165, 1.54) is 6.42 Å². The molecule has 5 atom stereocenters. The predicted molar refractivity (Wildman–Crippen MR) is 158 cm³/mol. The van der Waals surface area contributed by atoms with Gasteiger partial charge in [-0.2, -0.15) is 4.98 Å². The van der Waals surface area contributed by atoms with Gasteiger partial charge in [-0.15, -0.1) is 0 Å². The first-order valence-corrected chi connectivity index (χ1v) is 16.1. The van der Waals surface area contributed by atoms with Crippen molar-refractivity contribution in [3.8, 4) is 17.5 Å². The van der Waals surface area contributed by atoms with E-state index in [0.717, 1.165) is 92.4 Å². The molecule has 2 unspecified atom stereocenters. The highest BCUT2D eigenvalue weighted by Gasteiger charge is 2.51. The Balaban J connectivity index is 1.32. The lowest BCUT2D eigenvalue weighted by atomic mass is 9.79. The van der Waals surface area contributed by atoms with Crippen molar-refractivity contribution in [3.63, 3.8) is 0 Å². The molecule has 4 fully saturated rings. The number of rotatable bonds is 8. The van der Waals surface area contributed by atoms with Gasteiger partial charge in [-0.05, 0) is 71.5 Å². The molecule has 0 aromatic carbocycles. The maximum Gasteiger partial charge on any atom is 0.227 e. The molecule has 0 N–H and O–H groups in total. The fourth-order valence-corrected chi connectivity index (χ4v) is 7.59. The summed E-state index contributed by atoms with van der Waals surface area (Å²) in [6.07, 6.45) is 11.4. The van der Waals surface area contributed by atoms with Gasteiger partial charge in [0.25, 0.3) is 0 Å². The second-order valence-electron chi connectivity index (χ2n) is 12.9.